The van der Waals surface area contributed by atoms with E-state index in [0.29, 0.717) is 55.5 Å². The molecule has 0 N–H and O–H groups in total. The molecule has 12 heteroatoms. The highest BCUT2D eigenvalue weighted by Gasteiger charge is 2.37. The Bertz CT molecular complexity index is 1660. The molecule has 2 aromatic carbocycles. The van der Waals surface area contributed by atoms with Crippen LogP contribution < -0.4 is 15.2 Å². The normalized spacial score (nSPS) is 14.9. The molecule has 1 amide bonds. The standard InChI is InChI=1S/C35H50F2N4O5Si/c1-23-20-28(44-8)30(37)31(29(23)36)40(16-11-19-45-47(9,10)35(5,6)7)25-12-13-27-26(21-25)32(42)41(22-38-27)24-14-17-39(18-15-24)33(43)46-34(2,3)4/h12-13,20-22,24H,11,14-19H2,1-10H3. The largest absolute Gasteiger partial charge is 0.494 e. The van der Waals surface area contributed by atoms with Gasteiger partial charge >= 0.3 is 6.09 Å². The lowest BCUT2D eigenvalue weighted by molar-refractivity contribution is 0.0187. The number of carbonyl (C=O) groups excluding carboxylic acids is 1. The van der Waals surface area contributed by atoms with Gasteiger partial charge in [-0.15, -0.1) is 0 Å². The van der Waals surface area contributed by atoms with E-state index in [9.17, 15) is 9.59 Å². The highest BCUT2D eigenvalue weighted by atomic mass is 28.4. The van der Waals surface area contributed by atoms with Gasteiger partial charge in [-0.3, -0.25) is 9.36 Å². The van der Waals surface area contributed by atoms with Crippen LogP contribution in [-0.2, 0) is 9.16 Å². The third kappa shape index (κ3) is 8.14. The van der Waals surface area contributed by atoms with Crippen LogP contribution >= 0.6 is 0 Å². The average molecular weight is 673 g/mol. The average Bonchev–Trinajstić information content (AvgIpc) is 2.99. The highest BCUT2D eigenvalue weighted by Crippen LogP contribution is 2.39. The van der Waals surface area contributed by atoms with Crippen molar-refractivity contribution in [2.45, 2.75) is 97.5 Å². The smallest absolute Gasteiger partial charge is 0.410 e. The topological polar surface area (TPSA) is 86.1 Å². The number of amides is 1. The van der Waals surface area contributed by atoms with Crippen molar-refractivity contribution in [2.24, 2.45) is 0 Å². The van der Waals surface area contributed by atoms with E-state index in [0.717, 1.165) is 0 Å². The van der Waals surface area contributed by atoms with Crippen LogP contribution in [0.3, 0.4) is 0 Å². The zero-order chi connectivity index (χ0) is 34.9. The Labute approximate surface area is 277 Å². The van der Waals surface area contributed by atoms with E-state index in [1.54, 1.807) is 45.8 Å². The zero-order valence-corrected chi connectivity index (χ0v) is 30.5. The maximum absolute atomic E-state index is 15.8. The first-order valence-corrected chi connectivity index (χ1v) is 19.2. The number of hydrogen-bond donors (Lipinski definition) is 0. The molecule has 47 heavy (non-hydrogen) atoms. The summed E-state index contributed by atoms with van der Waals surface area (Å²) in [5.41, 5.74) is 0.0790. The van der Waals surface area contributed by atoms with Crippen LogP contribution in [0.2, 0.25) is 18.1 Å². The van der Waals surface area contributed by atoms with Crippen molar-refractivity contribution < 1.29 is 27.5 Å². The van der Waals surface area contributed by atoms with Gasteiger partial charge in [0, 0.05) is 38.0 Å². The van der Waals surface area contributed by atoms with Crippen molar-refractivity contribution in [2.75, 3.05) is 38.3 Å². The van der Waals surface area contributed by atoms with Gasteiger partial charge in [0.05, 0.1) is 24.3 Å². The number of piperidine rings is 1. The van der Waals surface area contributed by atoms with Gasteiger partial charge in [-0.25, -0.2) is 18.6 Å². The first-order valence-electron chi connectivity index (χ1n) is 16.3. The number of aryl methyl sites for hydroxylation is 1. The molecule has 1 saturated heterocycles. The van der Waals surface area contributed by atoms with Gasteiger partial charge in [-0.05, 0) is 94.9 Å². The second-order valence-corrected chi connectivity index (χ2v) is 19.7. The van der Waals surface area contributed by atoms with Gasteiger partial charge in [-0.2, -0.15) is 0 Å². The molecular formula is C35H50F2N4O5Si. The molecule has 9 nitrogen and oxygen atoms in total. The summed E-state index contributed by atoms with van der Waals surface area (Å²) in [6.07, 6.45) is 2.79. The van der Waals surface area contributed by atoms with E-state index in [-0.39, 0.29) is 46.3 Å². The van der Waals surface area contributed by atoms with Crippen LogP contribution in [-0.4, -0.2) is 67.8 Å². The number of benzene rings is 2. The fourth-order valence-electron chi connectivity index (χ4n) is 5.45. The minimum Gasteiger partial charge on any atom is -0.494 e. The maximum atomic E-state index is 15.8. The van der Waals surface area contributed by atoms with Crippen molar-refractivity contribution >= 4 is 36.7 Å². The van der Waals surface area contributed by atoms with Crippen molar-refractivity contribution in [3.63, 3.8) is 0 Å². The van der Waals surface area contributed by atoms with E-state index in [2.05, 4.69) is 38.8 Å². The number of hydrogen-bond acceptors (Lipinski definition) is 7. The number of rotatable bonds is 9. The molecule has 1 aliphatic rings. The summed E-state index contributed by atoms with van der Waals surface area (Å²) in [7, 11) is -0.691. The summed E-state index contributed by atoms with van der Waals surface area (Å²) in [5, 5.41) is 0.356. The van der Waals surface area contributed by atoms with E-state index >= 15 is 8.78 Å². The number of fused-ring (bicyclic) bond motifs is 1. The molecule has 3 aromatic rings. The maximum Gasteiger partial charge on any atom is 0.410 e. The summed E-state index contributed by atoms with van der Waals surface area (Å²) in [6, 6.07) is 6.24. The Balaban J connectivity index is 1.67. The number of ether oxygens (including phenoxy) is 2. The Morgan fingerprint density at radius 2 is 1.72 bits per heavy atom. The molecule has 0 atom stereocenters. The molecule has 0 radical (unpaired) electrons. The predicted molar refractivity (Wildman–Crippen MR) is 184 cm³/mol. The van der Waals surface area contributed by atoms with Gasteiger partial charge in [0.1, 0.15) is 11.3 Å². The summed E-state index contributed by atoms with van der Waals surface area (Å²) in [6.45, 7) is 19.4. The van der Waals surface area contributed by atoms with Crippen LogP contribution in [0.15, 0.2) is 35.4 Å². The van der Waals surface area contributed by atoms with Gasteiger partial charge in [0.25, 0.3) is 5.56 Å². The van der Waals surface area contributed by atoms with E-state index in [4.69, 9.17) is 13.9 Å². The molecule has 2 heterocycles. The lowest BCUT2D eigenvalue weighted by atomic mass is 10.0. The molecule has 0 unspecified atom stereocenters. The number of halogens is 2. The number of methoxy groups -OCH3 is 1. The Morgan fingerprint density at radius 1 is 1.06 bits per heavy atom. The lowest BCUT2D eigenvalue weighted by Gasteiger charge is -2.36. The first-order chi connectivity index (χ1) is 21.8. The fourth-order valence-corrected chi connectivity index (χ4v) is 6.54. The van der Waals surface area contributed by atoms with Crippen LogP contribution in [0.5, 0.6) is 5.75 Å². The predicted octanol–water partition coefficient (Wildman–Crippen LogP) is 8.11. The lowest BCUT2D eigenvalue weighted by Crippen LogP contribution is -2.43. The highest BCUT2D eigenvalue weighted by molar-refractivity contribution is 6.74. The quantitative estimate of drug-likeness (QED) is 0.168. The molecule has 1 aromatic heterocycles. The number of likely N-dealkylation sites (tertiary alicyclic amines) is 1. The fraction of sp³-hybridized carbons (Fsp3) is 0.571. The summed E-state index contributed by atoms with van der Waals surface area (Å²) < 4.78 is 50.3. The van der Waals surface area contributed by atoms with Gasteiger partial charge in [0.15, 0.2) is 25.7 Å². The van der Waals surface area contributed by atoms with Gasteiger partial charge in [-0.1, -0.05) is 20.8 Å². The Morgan fingerprint density at radius 3 is 2.32 bits per heavy atom. The zero-order valence-electron chi connectivity index (χ0n) is 29.5. The Hall–Kier alpha value is -3.51. The monoisotopic (exact) mass is 672 g/mol. The molecule has 0 spiro atoms. The molecule has 1 fully saturated rings. The number of aromatic nitrogens is 2. The molecule has 4 rings (SSSR count). The van der Waals surface area contributed by atoms with Crippen LogP contribution in [0, 0.1) is 18.6 Å². The number of carbonyl (C=O) groups is 1. The van der Waals surface area contributed by atoms with Crippen molar-refractivity contribution in [3.8, 4) is 5.75 Å². The minimum absolute atomic E-state index is 0.0202. The van der Waals surface area contributed by atoms with E-state index in [1.807, 2.05) is 20.8 Å². The summed E-state index contributed by atoms with van der Waals surface area (Å²) in [5.74, 6) is -1.58. The minimum atomic E-state index is -2.04. The number of anilines is 2. The number of nitrogens with zero attached hydrogens (tertiary/aromatic N) is 4. The third-order valence-corrected chi connectivity index (χ3v) is 13.7. The molecule has 0 aliphatic carbocycles. The second kappa shape index (κ2) is 13.9. The third-order valence-electron chi connectivity index (χ3n) is 9.20. The molecule has 0 saturated carbocycles. The SMILES string of the molecule is COc1cc(C)c(F)c(N(CCCO[Si](C)(C)C(C)(C)C)c2ccc3ncn(C4CCN(C(=O)OC(C)(C)C)CC4)c(=O)c3c2)c1F. The first kappa shape index (κ1) is 36.3. The van der Waals surface area contributed by atoms with E-state index < -0.39 is 25.6 Å². The Kier molecular flexibility index (Phi) is 10.8. The van der Waals surface area contributed by atoms with Crippen LogP contribution in [0.1, 0.15) is 72.4 Å². The van der Waals surface area contributed by atoms with Gasteiger partial charge < -0.3 is 23.7 Å². The van der Waals surface area contributed by atoms with Crippen LogP contribution in [0.4, 0.5) is 25.0 Å². The van der Waals surface area contributed by atoms with Crippen molar-refractivity contribution in [3.05, 3.63) is 58.1 Å². The molecular weight excluding hydrogens is 622 g/mol. The van der Waals surface area contributed by atoms with Crippen LogP contribution in [0.25, 0.3) is 10.9 Å². The van der Waals surface area contributed by atoms with Crippen molar-refractivity contribution in [1.82, 2.24) is 14.5 Å². The van der Waals surface area contributed by atoms with E-state index in [1.165, 1.54) is 13.2 Å². The molecule has 0 bridgehead atoms. The second-order valence-electron chi connectivity index (χ2n) is 14.8. The van der Waals surface area contributed by atoms with Gasteiger partial charge in [0.2, 0.25) is 0 Å². The van der Waals surface area contributed by atoms with Crippen molar-refractivity contribution in [1.29, 1.82) is 0 Å². The summed E-state index contributed by atoms with van der Waals surface area (Å²) >= 11 is 0. The summed E-state index contributed by atoms with van der Waals surface area (Å²) in [4.78, 5) is 34.2. The molecule has 1 aliphatic heterocycles. The molecule has 258 valence electrons.